The van der Waals surface area contributed by atoms with Gasteiger partial charge in [0.15, 0.2) is 11.5 Å². The van der Waals surface area contributed by atoms with Gasteiger partial charge in [0.05, 0.1) is 20.3 Å². The van der Waals surface area contributed by atoms with Crippen molar-refractivity contribution in [2.75, 3.05) is 31.0 Å². The van der Waals surface area contributed by atoms with Crippen LogP contribution in [-0.2, 0) is 4.79 Å². The fourth-order valence-corrected chi connectivity index (χ4v) is 3.31. The molecule has 3 rings (SSSR count). The van der Waals surface area contributed by atoms with Crippen molar-refractivity contribution in [3.63, 3.8) is 0 Å². The normalized spacial score (nSPS) is 16.1. The highest BCUT2D eigenvalue weighted by molar-refractivity contribution is 6.31. The highest BCUT2D eigenvalue weighted by atomic mass is 35.5. The number of methoxy groups -OCH3 is 2. The Kier molecular flexibility index (Phi) is 5.94. The second-order valence-electron chi connectivity index (χ2n) is 6.46. The van der Waals surface area contributed by atoms with Crippen molar-refractivity contribution in [1.29, 1.82) is 0 Å². The zero-order valence-electron chi connectivity index (χ0n) is 15.9. The summed E-state index contributed by atoms with van der Waals surface area (Å²) in [5.74, 6) is 1.05. The molecule has 148 valence electrons. The lowest BCUT2D eigenvalue weighted by Gasteiger charge is -2.19. The summed E-state index contributed by atoms with van der Waals surface area (Å²) in [4.78, 5) is 26.4. The summed E-state index contributed by atoms with van der Waals surface area (Å²) in [5, 5.41) is 6.20. The monoisotopic (exact) mass is 403 g/mol. The Morgan fingerprint density at radius 2 is 1.93 bits per heavy atom. The molecule has 0 radical (unpaired) electrons. The molecule has 1 atom stereocenters. The number of hydrogen-bond acceptors (Lipinski definition) is 4. The fraction of sp³-hybridized carbons (Fsp3) is 0.300. The fourth-order valence-electron chi connectivity index (χ4n) is 3.13. The van der Waals surface area contributed by atoms with E-state index in [4.69, 9.17) is 21.1 Å². The van der Waals surface area contributed by atoms with Gasteiger partial charge in [0, 0.05) is 35.4 Å². The number of amides is 3. The third kappa shape index (κ3) is 4.14. The van der Waals surface area contributed by atoms with Crippen molar-refractivity contribution in [3.05, 3.63) is 47.0 Å². The number of anilines is 2. The van der Waals surface area contributed by atoms with E-state index in [2.05, 4.69) is 10.6 Å². The van der Waals surface area contributed by atoms with Crippen molar-refractivity contribution in [3.8, 4) is 11.5 Å². The number of hydrogen-bond donors (Lipinski definition) is 2. The molecule has 0 spiro atoms. The van der Waals surface area contributed by atoms with Crippen LogP contribution in [0.1, 0.15) is 12.0 Å². The molecule has 1 aliphatic rings. The van der Waals surface area contributed by atoms with Crippen LogP contribution >= 0.6 is 11.6 Å². The lowest BCUT2D eigenvalue weighted by molar-refractivity contribution is -0.117. The van der Waals surface area contributed by atoms with E-state index in [1.807, 2.05) is 6.92 Å². The maximum Gasteiger partial charge on any atom is 0.319 e. The molecule has 2 N–H and O–H groups in total. The first-order chi connectivity index (χ1) is 13.4. The van der Waals surface area contributed by atoms with Crippen molar-refractivity contribution in [2.45, 2.75) is 19.4 Å². The Morgan fingerprint density at radius 1 is 1.18 bits per heavy atom. The van der Waals surface area contributed by atoms with Crippen LogP contribution in [0, 0.1) is 6.92 Å². The summed E-state index contributed by atoms with van der Waals surface area (Å²) in [5.41, 5.74) is 2.11. The minimum absolute atomic E-state index is 0.0727. The van der Waals surface area contributed by atoms with Crippen molar-refractivity contribution < 1.29 is 19.1 Å². The smallest absolute Gasteiger partial charge is 0.319 e. The molecule has 1 saturated heterocycles. The van der Waals surface area contributed by atoms with Crippen molar-refractivity contribution in [1.82, 2.24) is 5.32 Å². The van der Waals surface area contributed by atoms with Gasteiger partial charge in [-0.3, -0.25) is 4.79 Å². The number of carbonyl (C=O) groups excluding carboxylic acids is 2. The van der Waals surface area contributed by atoms with Crippen LogP contribution in [-0.4, -0.2) is 38.7 Å². The molecule has 0 saturated carbocycles. The summed E-state index contributed by atoms with van der Waals surface area (Å²) in [6.45, 7) is 2.20. The summed E-state index contributed by atoms with van der Waals surface area (Å²) in [6.07, 6.45) is 0.219. The first-order valence-corrected chi connectivity index (χ1v) is 9.15. The number of urea groups is 1. The molecule has 0 aromatic heterocycles. The molecule has 3 amide bonds. The van der Waals surface area contributed by atoms with Crippen LogP contribution < -0.4 is 25.0 Å². The van der Waals surface area contributed by atoms with Gasteiger partial charge in [-0.15, -0.1) is 0 Å². The van der Waals surface area contributed by atoms with E-state index < -0.39 is 0 Å². The number of carbonyl (C=O) groups is 2. The molecule has 0 aliphatic carbocycles. The van der Waals surface area contributed by atoms with Gasteiger partial charge in [-0.05, 0) is 36.8 Å². The van der Waals surface area contributed by atoms with Crippen LogP contribution in [0.2, 0.25) is 5.02 Å². The van der Waals surface area contributed by atoms with Gasteiger partial charge in [-0.2, -0.15) is 0 Å². The molecular formula is C20H22ClN3O4. The molecule has 28 heavy (non-hydrogen) atoms. The van der Waals surface area contributed by atoms with E-state index in [0.29, 0.717) is 34.4 Å². The van der Waals surface area contributed by atoms with Gasteiger partial charge >= 0.3 is 6.03 Å². The number of nitrogens with one attached hydrogen (secondary N) is 2. The number of nitrogens with zero attached hydrogens (tertiary/aromatic N) is 1. The molecule has 8 heteroatoms. The summed E-state index contributed by atoms with van der Waals surface area (Å²) in [7, 11) is 3.10. The Balaban J connectivity index is 1.66. The number of rotatable bonds is 5. The average Bonchev–Trinajstić information content (AvgIpc) is 3.04. The Bertz CT molecular complexity index is 903. The Labute approximate surface area is 168 Å². The lowest BCUT2D eigenvalue weighted by Crippen LogP contribution is -2.39. The second-order valence-corrected chi connectivity index (χ2v) is 6.86. The third-order valence-electron chi connectivity index (χ3n) is 4.65. The molecule has 2 aromatic carbocycles. The van der Waals surface area contributed by atoms with Crippen LogP contribution in [0.4, 0.5) is 16.2 Å². The second kappa shape index (κ2) is 8.39. The van der Waals surface area contributed by atoms with E-state index in [1.165, 1.54) is 0 Å². The molecule has 2 aromatic rings. The van der Waals surface area contributed by atoms with Crippen LogP contribution in [0.3, 0.4) is 0 Å². The molecular weight excluding hydrogens is 382 g/mol. The maximum atomic E-state index is 12.4. The highest BCUT2D eigenvalue weighted by Crippen LogP contribution is 2.33. The Hall–Kier alpha value is -2.93. The SMILES string of the molecule is COc1ccc(N2C[C@@H](NC(=O)Nc3cccc(Cl)c3C)CC2=O)cc1OC. The molecule has 0 bridgehead atoms. The standard InChI is InChI=1S/C20H22ClN3O4/c1-12-15(21)5-4-6-16(12)23-20(26)22-13-9-19(25)24(11-13)14-7-8-17(27-2)18(10-14)28-3/h4-8,10,13H,9,11H2,1-3H3,(H2,22,23,26)/t13-/m0/s1. The number of halogens is 1. The van der Waals surface area contributed by atoms with E-state index >= 15 is 0 Å². The topological polar surface area (TPSA) is 79.9 Å². The average molecular weight is 404 g/mol. The summed E-state index contributed by atoms with van der Waals surface area (Å²) < 4.78 is 10.5. The maximum absolute atomic E-state index is 12.4. The highest BCUT2D eigenvalue weighted by Gasteiger charge is 2.32. The zero-order valence-corrected chi connectivity index (χ0v) is 16.7. The van der Waals surface area contributed by atoms with E-state index in [-0.39, 0.29) is 24.4 Å². The molecule has 1 heterocycles. The third-order valence-corrected chi connectivity index (χ3v) is 5.06. The van der Waals surface area contributed by atoms with Crippen molar-refractivity contribution in [2.24, 2.45) is 0 Å². The summed E-state index contributed by atoms with van der Waals surface area (Å²) >= 11 is 6.08. The van der Waals surface area contributed by atoms with Gasteiger partial charge in [-0.25, -0.2) is 4.79 Å². The van der Waals surface area contributed by atoms with Crippen LogP contribution in [0.15, 0.2) is 36.4 Å². The molecule has 1 aliphatic heterocycles. The minimum atomic E-state index is -0.377. The van der Waals surface area contributed by atoms with Gasteiger partial charge in [0.2, 0.25) is 5.91 Å². The first-order valence-electron chi connectivity index (χ1n) is 8.78. The van der Waals surface area contributed by atoms with Crippen LogP contribution in [0.5, 0.6) is 11.5 Å². The molecule has 0 unspecified atom stereocenters. The summed E-state index contributed by atoms with van der Waals surface area (Å²) in [6, 6.07) is 9.90. The van der Waals surface area contributed by atoms with Gasteiger partial charge in [0.25, 0.3) is 0 Å². The first kappa shape index (κ1) is 19.8. The van der Waals surface area contributed by atoms with Gasteiger partial charge in [-0.1, -0.05) is 17.7 Å². The Morgan fingerprint density at radius 3 is 2.64 bits per heavy atom. The predicted octanol–water partition coefficient (Wildman–Crippen LogP) is 3.59. The van der Waals surface area contributed by atoms with Gasteiger partial charge < -0.3 is 25.0 Å². The predicted molar refractivity (Wildman–Crippen MR) is 109 cm³/mol. The van der Waals surface area contributed by atoms with Crippen LogP contribution in [0.25, 0.3) is 0 Å². The van der Waals surface area contributed by atoms with E-state index in [0.717, 1.165) is 5.56 Å². The quantitative estimate of drug-likeness (QED) is 0.799. The number of ether oxygens (including phenoxy) is 2. The minimum Gasteiger partial charge on any atom is -0.493 e. The van der Waals surface area contributed by atoms with E-state index in [1.54, 1.807) is 55.5 Å². The number of benzene rings is 2. The van der Waals surface area contributed by atoms with E-state index in [9.17, 15) is 9.59 Å². The molecule has 7 nitrogen and oxygen atoms in total. The molecule has 1 fully saturated rings. The van der Waals surface area contributed by atoms with Crippen molar-refractivity contribution >= 4 is 34.9 Å². The largest absolute Gasteiger partial charge is 0.493 e. The lowest BCUT2D eigenvalue weighted by atomic mass is 10.2. The van der Waals surface area contributed by atoms with Gasteiger partial charge in [0.1, 0.15) is 0 Å². The zero-order chi connectivity index (χ0) is 20.3.